The summed E-state index contributed by atoms with van der Waals surface area (Å²) in [6.07, 6.45) is -15.8. The Labute approximate surface area is 73.2 Å². The molecule has 0 spiro atoms. The van der Waals surface area contributed by atoms with E-state index in [-0.39, 0.29) is 0 Å². The second kappa shape index (κ2) is 4.14. The number of rotatable bonds is 2. The van der Waals surface area contributed by atoms with Gasteiger partial charge in [-0.1, -0.05) is 6.08 Å². The van der Waals surface area contributed by atoms with E-state index in [0.717, 1.165) is 0 Å². The molecule has 0 nitrogen and oxygen atoms in total. The highest BCUT2D eigenvalue weighted by Crippen LogP contribution is 2.33. The van der Waals surface area contributed by atoms with Crippen molar-refractivity contribution >= 4 is 0 Å². The fraction of sp³-hybridized carbons (Fsp3) is 0.667. The Balaban J connectivity index is 4.64. The summed E-state index contributed by atoms with van der Waals surface area (Å²) < 4.78 is 92.3. The lowest BCUT2D eigenvalue weighted by Gasteiger charge is -2.15. The lowest BCUT2D eigenvalue weighted by atomic mass is 10.1. The van der Waals surface area contributed by atoms with Gasteiger partial charge in [-0.3, -0.25) is 0 Å². The first-order chi connectivity index (χ1) is 6.04. The van der Waals surface area contributed by atoms with E-state index < -0.39 is 36.8 Å². The van der Waals surface area contributed by atoms with Crippen LogP contribution in [0.1, 0.15) is 0 Å². The molecule has 0 aromatic carbocycles. The maximum atomic E-state index is 11.6. The van der Waals surface area contributed by atoms with Crippen molar-refractivity contribution in [1.82, 2.24) is 0 Å². The molecule has 1 atom stereocenters. The molecular formula is C6H4F8. The van der Waals surface area contributed by atoms with Crippen LogP contribution >= 0.6 is 0 Å². The first-order valence-corrected chi connectivity index (χ1v) is 3.15. The highest BCUT2D eigenvalue weighted by atomic mass is 19.4. The van der Waals surface area contributed by atoms with Gasteiger partial charge in [0.25, 0.3) is 6.43 Å². The van der Waals surface area contributed by atoms with Crippen LogP contribution in [0.2, 0.25) is 0 Å². The zero-order valence-corrected chi connectivity index (χ0v) is 6.33. The molecule has 0 fully saturated rings. The molecule has 14 heavy (non-hydrogen) atoms. The van der Waals surface area contributed by atoms with E-state index in [1.54, 1.807) is 0 Å². The average Bonchev–Trinajstić information content (AvgIpc) is 1.79. The molecule has 0 radical (unpaired) electrons. The van der Waals surface area contributed by atoms with Crippen LogP contribution in [0.5, 0.6) is 0 Å². The van der Waals surface area contributed by atoms with Gasteiger partial charge in [-0.25, -0.2) is 8.78 Å². The number of alkyl halides is 8. The first kappa shape index (κ1) is 13.2. The van der Waals surface area contributed by atoms with Crippen LogP contribution < -0.4 is 0 Å². The van der Waals surface area contributed by atoms with Gasteiger partial charge in [-0.15, -0.1) is 0 Å². The summed E-state index contributed by atoms with van der Waals surface area (Å²) in [6.45, 7) is 0. The van der Waals surface area contributed by atoms with Crippen molar-refractivity contribution in [3.8, 4) is 0 Å². The average molecular weight is 228 g/mol. The predicted molar refractivity (Wildman–Crippen MR) is 30.7 cm³/mol. The molecule has 0 bridgehead atoms. The largest absolute Gasteiger partial charge is 0.409 e. The van der Waals surface area contributed by atoms with Gasteiger partial charge in [-0.2, -0.15) is 26.3 Å². The molecule has 0 heterocycles. The minimum Gasteiger partial charge on any atom is -0.209 e. The summed E-state index contributed by atoms with van der Waals surface area (Å²) >= 11 is 0. The molecule has 0 rings (SSSR count). The first-order valence-electron chi connectivity index (χ1n) is 3.15. The SMILES string of the molecule is FC(F)C(C=CC(F)(F)F)C(F)(F)F. The molecule has 0 saturated heterocycles. The van der Waals surface area contributed by atoms with Gasteiger partial charge < -0.3 is 0 Å². The highest BCUT2D eigenvalue weighted by Gasteiger charge is 2.44. The number of halogens is 8. The summed E-state index contributed by atoms with van der Waals surface area (Å²) in [6, 6.07) is 0. The van der Waals surface area contributed by atoms with Gasteiger partial charge in [0.1, 0.15) is 5.92 Å². The summed E-state index contributed by atoms with van der Waals surface area (Å²) in [5, 5.41) is 0. The monoisotopic (exact) mass is 228 g/mol. The normalized spacial score (nSPS) is 16.6. The Hall–Kier alpha value is -0.820. The molecule has 0 amide bonds. The standard InChI is InChI=1S/C6H4F8/c7-4(8)3(6(12,13)14)1-2-5(9,10)11/h1-4H. The van der Waals surface area contributed by atoms with Gasteiger partial charge in [-0.05, 0) is 0 Å². The van der Waals surface area contributed by atoms with Crippen molar-refractivity contribution in [3.63, 3.8) is 0 Å². The van der Waals surface area contributed by atoms with Crippen LogP contribution in [-0.2, 0) is 0 Å². The predicted octanol–water partition coefficient (Wildman–Crippen LogP) is 3.55. The fourth-order valence-corrected chi connectivity index (χ4v) is 0.549. The van der Waals surface area contributed by atoms with Crippen molar-refractivity contribution in [2.45, 2.75) is 18.8 Å². The molecule has 84 valence electrons. The minimum absolute atomic E-state index is 0.593. The lowest BCUT2D eigenvalue weighted by Crippen LogP contribution is -2.28. The summed E-state index contributed by atoms with van der Waals surface area (Å²) in [7, 11) is 0. The van der Waals surface area contributed by atoms with Gasteiger partial charge in [0.2, 0.25) is 0 Å². The van der Waals surface area contributed by atoms with E-state index in [1.807, 2.05) is 0 Å². The third kappa shape index (κ3) is 5.03. The van der Waals surface area contributed by atoms with Gasteiger partial charge in [0.15, 0.2) is 0 Å². The van der Waals surface area contributed by atoms with Gasteiger partial charge in [0, 0.05) is 6.08 Å². The topological polar surface area (TPSA) is 0 Å². The molecule has 0 aliphatic rings. The lowest BCUT2D eigenvalue weighted by molar-refractivity contribution is -0.191. The molecule has 0 aliphatic carbocycles. The van der Waals surface area contributed by atoms with Gasteiger partial charge in [0.05, 0.1) is 0 Å². The molecule has 0 aromatic heterocycles. The zero-order chi connectivity index (χ0) is 11.6. The maximum absolute atomic E-state index is 11.6. The Bertz CT molecular complexity index is 197. The third-order valence-corrected chi connectivity index (χ3v) is 1.14. The Morgan fingerprint density at radius 2 is 1.29 bits per heavy atom. The Morgan fingerprint density at radius 1 is 0.857 bits per heavy atom. The molecule has 1 unspecified atom stereocenters. The molecule has 0 saturated carbocycles. The van der Waals surface area contributed by atoms with Crippen molar-refractivity contribution in [3.05, 3.63) is 12.2 Å². The second-order valence-corrected chi connectivity index (χ2v) is 2.30. The van der Waals surface area contributed by atoms with Crippen molar-refractivity contribution < 1.29 is 35.1 Å². The van der Waals surface area contributed by atoms with E-state index >= 15 is 0 Å². The van der Waals surface area contributed by atoms with Crippen LogP contribution in [0, 0.1) is 5.92 Å². The zero-order valence-electron chi connectivity index (χ0n) is 6.33. The van der Waals surface area contributed by atoms with Crippen LogP contribution in [0.25, 0.3) is 0 Å². The Kier molecular flexibility index (Phi) is 3.90. The molecule has 0 N–H and O–H groups in total. The van der Waals surface area contributed by atoms with E-state index in [4.69, 9.17) is 0 Å². The van der Waals surface area contributed by atoms with Crippen molar-refractivity contribution in [2.24, 2.45) is 5.92 Å². The Morgan fingerprint density at radius 3 is 1.50 bits per heavy atom. The van der Waals surface area contributed by atoms with E-state index in [9.17, 15) is 35.1 Å². The van der Waals surface area contributed by atoms with Crippen molar-refractivity contribution in [1.29, 1.82) is 0 Å². The fourth-order valence-electron chi connectivity index (χ4n) is 0.549. The summed E-state index contributed by atoms with van der Waals surface area (Å²) in [5.74, 6) is -3.39. The maximum Gasteiger partial charge on any atom is 0.409 e. The van der Waals surface area contributed by atoms with E-state index in [2.05, 4.69) is 0 Å². The molecule has 0 aliphatic heterocycles. The second-order valence-electron chi connectivity index (χ2n) is 2.30. The van der Waals surface area contributed by atoms with Crippen LogP contribution in [0.3, 0.4) is 0 Å². The molecule has 8 heteroatoms. The molecule has 0 aromatic rings. The van der Waals surface area contributed by atoms with Crippen LogP contribution in [0.4, 0.5) is 35.1 Å². The van der Waals surface area contributed by atoms with Gasteiger partial charge >= 0.3 is 12.4 Å². The van der Waals surface area contributed by atoms with E-state index in [1.165, 1.54) is 0 Å². The third-order valence-electron chi connectivity index (χ3n) is 1.14. The highest BCUT2D eigenvalue weighted by molar-refractivity contribution is 4.97. The van der Waals surface area contributed by atoms with E-state index in [0.29, 0.717) is 0 Å². The summed E-state index contributed by atoms with van der Waals surface area (Å²) in [4.78, 5) is 0. The number of hydrogen-bond donors (Lipinski definition) is 0. The van der Waals surface area contributed by atoms with Crippen LogP contribution in [-0.4, -0.2) is 18.8 Å². The quantitative estimate of drug-likeness (QED) is 0.500. The van der Waals surface area contributed by atoms with Crippen molar-refractivity contribution in [2.75, 3.05) is 0 Å². The number of hydrogen-bond acceptors (Lipinski definition) is 0. The molecular weight excluding hydrogens is 224 g/mol. The summed E-state index contributed by atoms with van der Waals surface area (Å²) in [5.41, 5.74) is 0. The minimum atomic E-state index is -5.38. The number of allylic oxidation sites excluding steroid dienone is 2. The van der Waals surface area contributed by atoms with Crippen LogP contribution in [0.15, 0.2) is 12.2 Å². The smallest absolute Gasteiger partial charge is 0.209 e.